The second kappa shape index (κ2) is 8.48. The van der Waals surface area contributed by atoms with Crippen LogP contribution in [0.5, 0.6) is 5.88 Å². The zero-order valence-electron chi connectivity index (χ0n) is 14.6. The average molecular weight is 369 g/mol. The van der Waals surface area contributed by atoms with E-state index in [0.717, 1.165) is 15.6 Å². The van der Waals surface area contributed by atoms with Gasteiger partial charge in [-0.25, -0.2) is 0 Å². The minimum atomic E-state index is -0.132. The first-order valence-corrected chi connectivity index (χ1v) is 9.11. The van der Waals surface area contributed by atoms with Gasteiger partial charge in [0.25, 0.3) is 5.91 Å². The van der Waals surface area contributed by atoms with Crippen LogP contribution >= 0.6 is 11.3 Å². The SMILES string of the molecule is CCOc1ccc(-c2cccc(C(=O)NCCc3nnc(C)s3)c2)nn1. The lowest BCUT2D eigenvalue weighted by atomic mass is 10.1. The molecule has 0 aliphatic heterocycles. The number of carbonyl (C=O) groups excluding carboxylic acids is 1. The molecular formula is C18H19N5O2S. The summed E-state index contributed by atoms with van der Waals surface area (Å²) in [4.78, 5) is 12.4. The fourth-order valence-corrected chi connectivity index (χ4v) is 3.05. The number of aromatic nitrogens is 4. The minimum Gasteiger partial charge on any atom is -0.477 e. The Hall–Kier alpha value is -2.87. The van der Waals surface area contributed by atoms with Crippen LogP contribution in [0.25, 0.3) is 11.3 Å². The summed E-state index contributed by atoms with van der Waals surface area (Å²) in [5, 5.41) is 20.9. The first-order valence-electron chi connectivity index (χ1n) is 8.30. The van der Waals surface area contributed by atoms with E-state index >= 15 is 0 Å². The maximum Gasteiger partial charge on any atom is 0.251 e. The number of aryl methyl sites for hydroxylation is 1. The van der Waals surface area contributed by atoms with Gasteiger partial charge >= 0.3 is 0 Å². The van der Waals surface area contributed by atoms with E-state index in [1.807, 2.05) is 32.0 Å². The van der Waals surface area contributed by atoms with E-state index in [1.54, 1.807) is 29.5 Å². The van der Waals surface area contributed by atoms with Crippen molar-refractivity contribution in [1.82, 2.24) is 25.7 Å². The third-order valence-corrected chi connectivity index (χ3v) is 4.44. The van der Waals surface area contributed by atoms with Crippen molar-refractivity contribution >= 4 is 17.2 Å². The standard InChI is InChI=1S/C18H19N5O2S/c1-3-25-16-8-7-15(21-22-16)13-5-4-6-14(11-13)18(24)19-10-9-17-23-20-12(2)26-17/h4-8,11H,3,9-10H2,1-2H3,(H,19,24). The van der Waals surface area contributed by atoms with Gasteiger partial charge in [-0.1, -0.05) is 12.1 Å². The van der Waals surface area contributed by atoms with E-state index in [1.165, 1.54) is 0 Å². The monoisotopic (exact) mass is 369 g/mol. The van der Waals surface area contributed by atoms with Crippen LogP contribution in [0.3, 0.4) is 0 Å². The van der Waals surface area contributed by atoms with Gasteiger partial charge in [0, 0.05) is 30.2 Å². The van der Waals surface area contributed by atoms with Crippen LogP contribution in [0, 0.1) is 6.92 Å². The molecule has 2 aromatic heterocycles. The fraction of sp³-hybridized carbons (Fsp3) is 0.278. The Balaban J connectivity index is 1.63. The van der Waals surface area contributed by atoms with E-state index in [9.17, 15) is 4.79 Å². The highest BCUT2D eigenvalue weighted by atomic mass is 32.1. The number of nitrogens with one attached hydrogen (secondary N) is 1. The molecule has 2 heterocycles. The van der Waals surface area contributed by atoms with Gasteiger partial charge in [-0.15, -0.1) is 31.7 Å². The molecule has 3 rings (SSSR count). The average Bonchev–Trinajstić information content (AvgIpc) is 3.08. The molecule has 3 aromatic rings. The maximum atomic E-state index is 12.4. The molecule has 0 unspecified atom stereocenters. The maximum absolute atomic E-state index is 12.4. The Morgan fingerprint density at radius 1 is 1.15 bits per heavy atom. The number of hydrogen-bond donors (Lipinski definition) is 1. The minimum absolute atomic E-state index is 0.132. The van der Waals surface area contributed by atoms with E-state index in [0.29, 0.717) is 36.7 Å². The summed E-state index contributed by atoms with van der Waals surface area (Å²) in [6, 6.07) is 10.9. The number of rotatable bonds is 7. The van der Waals surface area contributed by atoms with E-state index < -0.39 is 0 Å². The highest BCUT2D eigenvalue weighted by Crippen LogP contribution is 2.19. The Labute approximate surface area is 155 Å². The van der Waals surface area contributed by atoms with Crippen LogP contribution in [0.15, 0.2) is 36.4 Å². The summed E-state index contributed by atoms with van der Waals surface area (Å²) < 4.78 is 5.29. The lowest BCUT2D eigenvalue weighted by molar-refractivity contribution is 0.0954. The van der Waals surface area contributed by atoms with Gasteiger partial charge in [0.2, 0.25) is 5.88 Å². The summed E-state index contributed by atoms with van der Waals surface area (Å²) in [7, 11) is 0. The van der Waals surface area contributed by atoms with E-state index in [4.69, 9.17) is 4.74 Å². The van der Waals surface area contributed by atoms with Crippen molar-refractivity contribution in [2.24, 2.45) is 0 Å². The molecule has 0 bridgehead atoms. The molecule has 0 spiro atoms. The van der Waals surface area contributed by atoms with Crippen LogP contribution in [-0.4, -0.2) is 39.5 Å². The van der Waals surface area contributed by atoms with E-state index in [2.05, 4.69) is 25.7 Å². The molecule has 0 saturated carbocycles. The Morgan fingerprint density at radius 2 is 2.04 bits per heavy atom. The summed E-state index contributed by atoms with van der Waals surface area (Å²) in [5.41, 5.74) is 2.09. The van der Waals surface area contributed by atoms with Crippen molar-refractivity contribution in [2.45, 2.75) is 20.3 Å². The molecule has 7 nitrogen and oxygen atoms in total. The molecule has 26 heavy (non-hydrogen) atoms. The van der Waals surface area contributed by atoms with Crippen LogP contribution < -0.4 is 10.1 Å². The molecule has 0 aliphatic carbocycles. The molecule has 1 aromatic carbocycles. The molecule has 0 saturated heterocycles. The molecule has 134 valence electrons. The van der Waals surface area contributed by atoms with Crippen molar-refractivity contribution in [3.63, 3.8) is 0 Å². The summed E-state index contributed by atoms with van der Waals surface area (Å²) in [6.07, 6.45) is 0.668. The van der Waals surface area contributed by atoms with Gasteiger partial charge < -0.3 is 10.1 Å². The van der Waals surface area contributed by atoms with Crippen LogP contribution in [0.2, 0.25) is 0 Å². The number of carbonyl (C=O) groups is 1. The van der Waals surface area contributed by atoms with Crippen LogP contribution in [0.1, 0.15) is 27.3 Å². The van der Waals surface area contributed by atoms with Gasteiger partial charge in [-0.3, -0.25) is 4.79 Å². The Kier molecular flexibility index (Phi) is 5.85. The van der Waals surface area contributed by atoms with Crippen molar-refractivity contribution in [3.8, 4) is 17.1 Å². The Bertz CT molecular complexity index is 879. The zero-order chi connectivity index (χ0) is 18.4. The first kappa shape index (κ1) is 17.9. The van der Waals surface area contributed by atoms with Crippen molar-refractivity contribution < 1.29 is 9.53 Å². The number of hydrogen-bond acceptors (Lipinski definition) is 7. The third-order valence-electron chi connectivity index (χ3n) is 3.55. The largest absolute Gasteiger partial charge is 0.477 e. The van der Waals surface area contributed by atoms with Crippen LogP contribution in [0.4, 0.5) is 0 Å². The highest BCUT2D eigenvalue weighted by Gasteiger charge is 2.09. The smallest absolute Gasteiger partial charge is 0.251 e. The predicted octanol–water partition coefficient (Wildman–Crippen LogP) is 2.67. The second-order valence-electron chi connectivity index (χ2n) is 5.49. The zero-order valence-corrected chi connectivity index (χ0v) is 15.4. The molecule has 0 radical (unpaired) electrons. The highest BCUT2D eigenvalue weighted by molar-refractivity contribution is 7.11. The summed E-state index contributed by atoms with van der Waals surface area (Å²) in [5.74, 6) is 0.351. The van der Waals surface area contributed by atoms with Gasteiger partial charge in [0.15, 0.2) is 0 Å². The first-order chi connectivity index (χ1) is 12.7. The quantitative estimate of drug-likeness (QED) is 0.689. The van der Waals surface area contributed by atoms with Gasteiger partial charge in [0.1, 0.15) is 10.0 Å². The molecule has 8 heteroatoms. The van der Waals surface area contributed by atoms with Gasteiger partial charge in [-0.05, 0) is 32.0 Å². The van der Waals surface area contributed by atoms with Crippen molar-refractivity contribution in [1.29, 1.82) is 0 Å². The molecule has 0 atom stereocenters. The van der Waals surface area contributed by atoms with Gasteiger partial charge in [0.05, 0.1) is 12.3 Å². The number of nitrogens with zero attached hydrogens (tertiary/aromatic N) is 4. The third kappa shape index (κ3) is 4.60. The molecule has 0 fully saturated rings. The number of benzene rings is 1. The van der Waals surface area contributed by atoms with Crippen molar-refractivity contribution in [3.05, 3.63) is 52.0 Å². The predicted molar refractivity (Wildman–Crippen MR) is 99.3 cm³/mol. The second-order valence-corrected chi connectivity index (χ2v) is 6.76. The Morgan fingerprint density at radius 3 is 2.73 bits per heavy atom. The summed E-state index contributed by atoms with van der Waals surface area (Å²) in [6.45, 7) is 4.86. The van der Waals surface area contributed by atoms with Crippen molar-refractivity contribution in [2.75, 3.05) is 13.2 Å². The normalized spacial score (nSPS) is 10.5. The lowest BCUT2D eigenvalue weighted by Gasteiger charge is -2.07. The lowest BCUT2D eigenvalue weighted by Crippen LogP contribution is -2.25. The number of ether oxygens (including phenoxy) is 1. The molecule has 0 aliphatic rings. The molecular weight excluding hydrogens is 350 g/mol. The van der Waals surface area contributed by atoms with Gasteiger partial charge in [-0.2, -0.15) is 0 Å². The molecule has 1 N–H and O–H groups in total. The fourth-order valence-electron chi connectivity index (χ4n) is 2.34. The number of amides is 1. The molecule has 1 amide bonds. The topological polar surface area (TPSA) is 89.9 Å². The van der Waals surface area contributed by atoms with E-state index in [-0.39, 0.29) is 5.91 Å². The summed E-state index contributed by atoms with van der Waals surface area (Å²) >= 11 is 1.54. The van der Waals surface area contributed by atoms with Crippen LogP contribution in [-0.2, 0) is 6.42 Å².